The van der Waals surface area contributed by atoms with Crippen LogP contribution in [0.15, 0.2) is 22.7 Å². The van der Waals surface area contributed by atoms with E-state index in [1.54, 1.807) is 0 Å². The second kappa shape index (κ2) is 6.38. The van der Waals surface area contributed by atoms with Gasteiger partial charge in [0.1, 0.15) is 0 Å². The molecule has 0 amide bonds. The summed E-state index contributed by atoms with van der Waals surface area (Å²) in [5.74, 6) is 0. The third kappa shape index (κ3) is 3.08. The minimum atomic E-state index is 0.333. The maximum absolute atomic E-state index is 6.35. The zero-order valence-electron chi connectivity index (χ0n) is 10.7. The summed E-state index contributed by atoms with van der Waals surface area (Å²) < 4.78 is 1.03. The molecular weight excluding hydrogens is 312 g/mol. The molecular formula is C14H20BrClN2. The Hall–Kier alpha value is -0.0900. The van der Waals surface area contributed by atoms with Crippen molar-refractivity contribution in [3.05, 3.63) is 33.3 Å². The maximum Gasteiger partial charge on any atom is 0.0464 e. The van der Waals surface area contributed by atoms with Crippen molar-refractivity contribution >= 4 is 27.5 Å². The van der Waals surface area contributed by atoms with E-state index in [-0.39, 0.29) is 0 Å². The van der Waals surface area contributed by atoms with Gasteiger partial charge in [0.05, 0.1) is 0 Å². The molecule has 0 radical (unpaired) electrons. The van der Waals surface area contributed by atoms with E-state index in [0.29, 0.717) is 12.1 Å². The largest absolute Gasteiger partial charge is 0.329 e. The Kier molecular flexibility index (Phi) is 5.07. The molecule has 2 rings (SSSR count). The molecule has 0 saturated carbocycles. The molecule has 1 saturated heterocycles. The van der Waals surface area contributed by atoms with Crippen LogP contribution < -0.4 is 5.73 Å². The lowest BCUT2D eigenvalue weighted by Crippen LogP contribution is -2.45. The van der Waals surface area contributed by atoms with E-state index in [9.17, 15) is 0 Å². The van der Waals surface area contributed by atoms with Crippen molar-refractivity contribution in [3.63, 3.8) is 0 Å². The van der Waals surface area contributed by atoms with Crippen molar-refractivity contribution in [1.29, 1.82) is 0 Å². The highest BCUT2D eigenvalue weighted by Gasteiger charge is 2.27. The highest BCUT2D eigenvalue weighted by atomic mass is 79.9. The standard InChI is InChI=1S/C14H20BrClN2/c1-10(13-6-5-11(15)8-14(13)16)18-7-3-2-4-12(18)9-17/h5-6,8,10,12H,2-4,7,9,17H2,1H3. The van der Waals surface area contributed by atoms with Crippen LogP contribution in [0, 0.1) is 0 Å². The first-order valence-corrected chi connectivity index (χ1v) is 7.71. The van der Waals surface area contributed by atoms with Gasteiger partial charge in [-0.3, -0.25) is 4.90 Å². The monoisotopic (exact) mass is 330 g/mol. The van der Waals surface area contributed by atoms with Gasteiger partial charge in [0.25, 0.3) is 0 Å². The highest BCUT2D eigenvalue weighted by molar-refractivity contribution is 9.10. The van der Waals surface area contributed by atoms with Gasteiger partial charge in [-0.05, 0) is 44.0 Å². The van der Waals surface area contributed by atoms with Crippen LogP contribution in [0.4, 0.5) is 0 Å². The Morgan fingerprint density at radius 1 is 1.50 bits per heavy atom. The van der Waals surface area contributed by atoms with Gasteiger partial charge in [-0.15, -0.1) is 0 Å². The summed E-state index contributed by atoms with van der Waals surface area (Å²) >= 11 is 9.80. The lowest BCUT2D eigenvalue weighted by molar-refractivity contribution is 0.108. The number of hydrogen-bond donors (Lipinski definition) is 1. The minimum Gasteiger partial charge on any atom is -0.329 e. The van der Waals surface area contributed by atoms with Crippen molar-refractivity contribution in [2.45, 2.75) is 38.3 Å². The topological polar surface area (TPSA) is 29.3 Å². The molecule has 0 aromatic heterocycles. The second-order valence-electron chi connectivity index (χ2n) is 4.96. The number of nitrogens with zero attached hydrogens (tertiary/aromatic N) is 1. The summed E-state index contributed by atoms with van der Waals surface area (Å²) in [6, 6.07) is 6.96. The number of nitrogens with two attached hydrogens (primary N) is 1. The normalized spacial score (nSPS) is 23.0. The van der Waals surface area contributed by atoms with Gasteiger partial charge in [0, 0.05) is 28.1 Å². The maximum atomic E-state index is 6.35. The van der Waals surface area contributed by atoms with Crippen LogP contribution >= 0.6 is 27.5 Å². The molecule has 2 atom stereocenters. The van der Waals surface area contributed by atoms with Crippen LogP contribution in [0.2, 0.25) is 5.02 Å². The SMILES string of the molecule is CC(c1ccc(Br)cc1Cl)N1CCCCC1CN. The molecule has 1 heterocycles. The average Bonchev–Trinajstić information content (AvgIpc) is 2.38. The van der Waals surface area contributed by atoms with E-state index < -0.39 is 0 Å². The lowest BCUT2D eigenvalue weighted by atomic mass is 9.97. The molecule has 2 unspecified atom stereocenters. The third-order valence-corrected chi connectivity index (χ3v) is 4.68. The van der Waals surface area contributed by atoms with Crippen LogP contribution in [0.5, 0.6) is 0 Å². The first-order chi connectivity index (χ1) is 8.63. The number of halogens is 2. The number of hydrogen-bond acceptors (Lipinski definition) is 2. The Bertz CT molecular complexity index is 411. The molecule has 0 spiro atoms. The summed E-state index contributed by atoms with van der Waals surface area (Å²) in [5.41, 5.74) is 7.08. The van der Waals surface area contributed by atoms with E-state index in [2.05, 4.69) is 39.9 Å². The van der Waals surface area contributed by atoms with Crippen molar-refractivity contribution in [1.82, 2.24) is 4.90 Å². The van der Waals surface area contributed by atoms with E-state index in [0.717, 1.165) is 22.6 Å². The summed E-state index contributed by atoms with van der Waals surface area (Å²) in [6.45, 7) is 4.08. The van der Waals surface area contributed by atoms with Crippen LogP contribution in [0.25, 0.3) is 0 Å². The van der Waals surface area contributed by atoms with Gasteiger partial charge < -0.3 is 5.73 Å². The molecule has 1 aromatic carbocycles. The van der Waals surface area contributed by atoms with Crippen molar-refractivity contribution in [3.8, 4) is 0 Å². The average molecular weight is 332 g/mol. The lowest BCUT2D eigenvalue weighted by Gasteiger charge is -2.39. The predicted molar refractivity (Wildman–Crippen MR) is 81.0 cm³/mol. The van der Waals surface area contributed by atoms with Gasteiger partial charge in [-0.25, -0.2) is 0 Å². The first kappa shape index (κ1) is 14.3. The van der Waals surface area contributed by atoms with Crippen molar-refractivity contribution in [2.24, 2.45) is 5.73 Å². The number of rotatable bonds is 3. The fourth-order valence-corrected chi connectivity index (χ4v) is 3.64. The molecule has 0 bridgehead atoms. The molecule has 1 aromatic rings. The summed E-state index contributed by atoms with van der Waals surface area (Å²) in [4.78, 5) is 2.50. The molecule has 100 valence electrons. The van der Waals surface area contributed by atoms with E-state index in [4.69, 9.17) is 17.3 Å². The molecule has 1 aliphatic heterocycles. The zero-order valence-corrected chi connectivity index (χ0v) is 13.0. The van der Waals surface area contributed by atoms with E-state index in [1.165, 1.54) is 24.8 Å². The molecule has 1 fully saturated rings. The van der Waals surface area contributed by atoms with Gasteiger partial charge in [-0.2, -0.15) is 0 Å². The van der Waals surface area contributed by atoms with Crippen LogP contribution in [-0.4, -0.2) is 24.0 Å². The second-order valence-corrected chi connectivity index (χ2v) is 6.29. The van der Waals surface area contributed by atoms with E-state index in [1.807, 2.05) is 6.07 Å². The molecule has 4 heteroatoms. The van der Waals surface area contributed by atoms with Crippen LogP contribution in [-0.2, 0) is 0 Å². The summed E-state index contributed by atoms with van der Waals surface area (Å²) in [7, 11) is 0. The zero-order chi connectivity index (χ0) is 13.1. The molecule has 0 aliphatic carbocycles. The van der Waals surface area contributed by atoms with Crippen molar-refractivity contribution in [2.75, 3.05) is 13.1 Å². The van der Waals surface area contributed by atoms with Crippen LogP contribution in [0.1, 0.15) is 37.8 Å². The van der Waals surface area contributed by atoms with Gasteiger partial charge in [-0.1, -0.05) is 40.0 Å². The first-order valence-electron chi connectivity index (χ1n) is 6.54. The molecule has 18 heavy (non-hydrogen) atoms. The Morgan fingerprint density at radius 2 is 2.28 bits per heavy atom. The molecule has 2 nitrogen and oxygen atoms in total. The molecule has 2 N–H and O–H groups in total. The number of likely N-dealkylation sites (tertiary alicyclic amines) is 1. The van der Waals surface area contributed by atoms with E-state index >= 15 is 0 Å². The Labute approximate surface area is 123 Å². The Balaban J connectivity index is 2.20. The predicted octanol–water partition coefficient (Wildman–Crippen LogP) is 3.98. The summed E-state index contributed by atoms with van der Waals surface area (Å²) in [6.07, 6.45) is 3.75. The minimum absolute atomic E-state index is 0.333. The summed E-state index contributed by atoms with van der Waals surface area (Å²) in [5, 5.41) is 0.832. The van der Waals surface area contributed by atoms with Crippen LogP contribution in [0.3, 0.4) is 0 Å². The Morgan fingerprint density at radius 3 is 2.94 bits per heavy atom. The van der Waals surface area contributed by atoms with Gasteiger partial charge in [0.15, 0.2) is 0 Å². The van der Waals surface area contributed by atoms with Gasteiger partial charge >= 0.3 is 0 Å². The highest BCUT2D eigenvalue weighted by Crippen LogP contribution is 2.33. The third-order valence-electron chi connectivity index (χ3n) is 3.85. The molecule has 1 aliphatic rings. The van der Waals surface area contributed by atoms with Crippen molar-refractivity contribution < 1.29 is 0 Å². The quantitative estimate of drug-likeness (QED) is 0.908. The van der Waals surface area contributed by atoms with Gasteiger partial charge in [0.2, 0.25) is 0 Å². The number of benzene rings is 1. The number of piperidine rings is 1. The smallest absolute Gasteiger partial charge is 0.0464 e. The fraction of sp³-hybridized carbons (Fsp3) is 0.571. The fourth-order valence-electron chi connectivity index (χ4n) is 2.80.